The molecule has 0 radical (unpaired) electrons. The van der Waals surface area contributed by atoms with Gasteiger partial charge < -0.3 is 9.64 Å². The number of piperidine rings is 1. The normalized spacial score (nSPS) is 18.4. The van der Waals surface area contributed by atoms with Gasteiger partial charge in [-0.1, -0.05) is 12.1 Å². The molecule has 1 N–H and O–H groups in total. The summed E-state index contributed by atoms with van der Waals surface area (Å²) in [4.78, 5) is 37.6. The fourth-order valence-corrected chi connectivity index (χ4v) is 4.13. The van der Waals surface area contributed by atoms with Crippen LogP contribution in [0.25, 0.3) is 0 Å². The molecule has 2 unspecified atom stereocenters. The van der Waals surface area contributed by atoms with E-state index in [1.165, 1.54) is 6.07 Å². The van der Waals surface area contributed by atoms with Crippen LogP contribution in [0.4, 0.5) is 5.69 Å². The number of carbonyl (C=O) groups is 2. The molecule has 9 heteroatoms. The van der Waals surface area contributed by atoms with Crippen LogP contribution in [0.3, 0.4) is 0 Å². The van der Waals surface area contributed by atoms with Crippen molar-refractivity contribution in [2.75, 3.05) is 6.61 Å². The number of nitrogens with zero attached hydrogens (tertiary/aromatic N) is 3. The number of hydrazone groups is 1. The number of hydrogen-bond donors (Lipinski definition) is 1. The summed E-state index contributed by atoms with van der Waals surface area (Å²) in [5.41, 5.74) is 4.36. The molecular weight excluding hydrogens is 436 g/mol. The Kier molecular flexibility index (Phi) is 7.99. The zero-order chi connectivity index (χ0) is 24.8. The largest absolute Gasteiger partial charge is 0.484 e. The molecule has 2 atom stereocenters. The number of benzene rings is 2. The Hall–Kier alpha value is -3.75. The fourth-order valence-electron chi connectivity index (χ4n) is 4.13. The van der Waals surface area contributed by atoms with Crippen LogP contribution in [0, 0.1) is 17.0 Å². The van der Waals surface area contributed by atoms with Crippen molar-refractivity contribution < 1.29 is 19.2 Å². The highest BCUT2D eigenvalue weighted by atomic mass is 16.6. The minimum absolute atomic E-state index is 0.00310. The van der Waals surface area contributed by atoms with Crippen molar-refractivity contribution in [1.82, 2.24) is 10.3 Å². The molecule has 180 valence electrons. The third-order valence-electron chi connectivity index (χ3n) is 6.11. The number of nitro benzene ring substituents is 1. The van der Waals surface area contributed by atoms with Crippen LogP contribution >= 0.6 is 0 Å². The topological polar surface area (TPSA) is 114 Å². The predicted molar refractivity (Wildman–Crippen MR) is 129 cm³/mol. The Morgan fingerprint density at radius 1 is 1.12 bits per heavy atom. The lowest BCUT2D eigenvalue weighted by atomic mass is 9.97. The lowest BCUT2D eigenvalue weighted by molar-refractivity contribution is -0.385. The van der Waals surface area contributed by atoms with Crippen LogP contribution in [0.1, 0.15) is 61.5 Å². The van der Waals surface area contributed by atoms with E-state index in [0.29, 0.717) is 28.2 Å². The Morgan fingerprint density at radius 2 is 1.74 bits per heavy atom. The van der Waals surface area contributed by atoms with Gasteiger partial charge in [-0.15, -0.1) is 0 Å². The Labute approximate surface area is 198 Å². The quantitative estimate of drug-likeness (QED) is 0.373. The van der Waals surface area contributed by atoms with Crippen molar-refractivity contribution in [3.8, 4) is 5.75 Å². The highest BCUT2D eigenvalue weighted by Gasteiger charge is 2.29. The molecule has 1 fully saturated rings. The number of nitrogens with one attached hydrogen (secondary N) is 1. The molecule has 0 aromatic heterocycles. The van der Waals surface area contributed by atoms with E-state index in [2.05, 4.69) is 24.4 Å². The Balaban J connectivity index is 1.57. The average Bonchev–Trinajstić information content (AvgIpc) is 2.81. The molecule has 34 heavy (non-hydrogen) atoms. The van der Waals surface area contributed by atoms with Crippen LogP contribution in [-0.4, -0.2) is 46.0 Å². The monoisotopic (exact) mass is 466 g/mol. The lowest BCUT2D eigenvalue weighted by Crippen LogP contribution is -2.49. The van der Waals surface area contributed by atoms with Gasteiger partial charge in [-0.3, -0.25) is 19.7 Å². The molecule has 0 bridgehead atoms. The maximum Gasteiger partial charge on any atom is 0.272 e. The van der Waals surface area contributed by atoms with Crippen molar-refractivity contribution in [2.24, 2.45) is 5.10 Å². The van der Waals surface area contributed by atoms with E-state index in [1.54, 1.807) is 50.2 Å². The minimum Gasteiger partial charge on any atom is -0.484 e. The summed E-state index contributed by atoms with van der Waals surface area (Å²) in [6.45, 7) is 7.39. The number of rotatable bonds is 7. The zero-order valence-corrected chi connectivity index (χ0v) is 19.9. The molecule has 2 aromatic carbocycles. The van der Waals surface area contributed by atoms with Crippen LogP contribution in [-0.2, 0) is 4.79 Å². The molecule has 0 aliphatic carbocycles. The number of nitro groups is 1. The SMILES string of the molecule is CC(=NNC(=O)c1ccc(OCC(=O)N2C(C)CCCC2C)cc1)c1ccc(C)c([N+](=O)[O-])c1. The first kappa shape index (κ1) is 24.9. The fraction of sp³-hybridized carbons (Fsp3) is 0.400. The zero-order valence-electron chi connectivity index (χ0n) is 19.9. The van der Waals surface area contributed by atoms with Gasteiger partial charge in [0.25, 0.3) is 17.5 Å². The maximum absolute atomic E-state index is 12.6. The van der Waals surface area contributed by atoms with Gasteiger partial charge in [0.05, 0.1) is 10.6 Å². The molecule has 9 nitrogen and oxygen atoms in total. The van der Waals surface area contributed by atoms with Gasteiger partial charge >= 0.3 is 0 Å². The first-order valence-electron chi connectivity index (χ1n) is 11.3. The van der Waals surface area contributed by atoms with E-state index in [4.69, 9.17) is 4.74 Å². The predicted octanol–water partition coefficient (Wildman–Crippen LogP) is 4.23. The maximum atomic E-state index is 12.6. The molecule has 1 aliphatic rings. The van der Waals surface area contributed by atoms with Gasteiger partial charge in [0.2, 0.25) is 0 Å². The highest BCUT2D eigenvalue weighted by Crippen LogP contribution is 2.23. The molecular formula is C25H30N4O5. The number of hydrogen-bond acceptors (Lipinski definition) is 6. The second-order valence-electron chi connectivity index (χ2n) is 8.64. The van der Waals surface area contributed by atoms with Crippen LogP contribution in [0.15, 0.2) is 47.6 Å². The number of aryl methyl sites for hydroxylation is 1. The van der Waals surface area contributed by atoms with Gasteiger partial charge in [0, 0.05) is 34.8 Å². The van der Waals surface area contributed by atoms with E-state index in [9.17, 15) is 19.7 Å². The van der Waals surface area contributed by atoms with Crippen LogP contribution in [0.2, 0.25) is 0 Å². The van der Waals surface area contributed by atoms with Gasteiger partial charge in [0.1, 0.15) is 5.75 Å². The molecule has 2 amide bonds. The van der Waals surface area contributed by atoms with Crippen LogP contribution in [0.5, 0.6) is 5.75 Å². The van der Waals surface area contributed by atoms with Crippen molar-refractivity contribution in [3.63, 3.8) is 0 Å². The molecule has 1 aliphatic heterocycles. The van der Waals surface area contributed by atoms with E-state index >= 15 is 0 Å². The number of ether oxygens (including phenoxy) is 1. The van der Waals surface area contributed by atoms with Gasteiger partial charge in [-0.25, -0.2) is 5.43 Å². The summed E-state index contributed by atoms with van der Waals surface area (Å²) in [7, 11) is 0. The van der Waals surface area contributed by atoms with Gasteiger partial charge in [0.15, 0.2) is 6.61 Å². The molecule has 1 saturated heterocycles. The van der Waals surface area contributed by atoms with Crippen molar-refractivity contribution in [3.05, 3.63) is 69.3 Å². The second kappa shape index (κ2) is 10.9. The first-order valence-corrected chi connectivity index (χ1v) is 11.3. The Bertz CT molecular complexity index is 1090. The smallest absolute Gasteiger partial charge is 0.272 e. The summed E-state index contributed by atoms with van der Waals surface area (Å²) < 4.78 is 5.64. The third-order valence-corrected chi connectivity index (χ3v) is 6.11. The van der Waals surface area contributed by atoms with E-state index < -0.39 is 10.8 Å². The van der Waals surface area contributed by atoms with Crippen LogP contribution < -0.4 is 10.2 Å². The van der Waals surface area contributed by atoms with E-state index in [1.807, 2.05) is 4.90 Å². The standard InChI is InChI=1S/C25H30N4O5/c1-16-8-9-21(14-23(16)29(32)33)19(4)26-27-25(31)20-10-12-22(13-11-20)34-15-24(30)28-17(2)6-5-7-18(28)3/h8-14,17-18H,5-7,15H2,1-4H3,(H,27,31). The average molecular weight is 467 g/mol. The van der Waals surface area contributed by atoms with Crippen molar-refractivity contribution in [1.29, 1.82) is 0 Å². The summed E-state index contributed by atoms with van der Waals surface area (Å²) in [5, 5.41) is 15.2. The summed E-state index contributed by atoms with van der Waals surface area (Å²) >= 11 is 0. The molecule has 1 heterocycles. The Morgan fingerprint density at radius 3 is 2.35 bits per heavy atom. The van der Waals surface area contributed by atoms with Crippen molar-refractivity contribution in [2.45, 2.75) is 59.0 Å². The molecule has 0 saturated carbocycles. The number of amides is 2. The minimum atomic E-state index is -0.449. The van der Waals surface area contributed by atoms with E-state index in [-0.39, 0.29) is 30.3 Å². The summed E-state index contributed by atoms with van der Waals surface area (Å²) in [6.07, 6.45) is 3.14. The number of carbonyl (C=O) groups excluding carboxylic acids is 2. The van der Waals surface area contributed by atoms with Gasteiger partial charge in [-0.05, 0) is 71.2 Å². The molecule has 3 rings (SSSR count). The molecule has 0 spiro atoms. The summed E-state index contributed by atoms with van der Waals surface area (Å²) in [5.74, 6) is 0.0242. The molecule has 2 aromatic rings. The highest BCUT2D eigenvalue weighted by molar-refractivity contribution is 6.01. The van der Waals surface area contributed by atoms with Crippen molar-refractivity contribution >= 4 is 23.2 Å². The van der Waals surface area contributed by atoms with Gasteiger partial charge in [-0.2, -0.15) is 5.10 Å². The first-order chi connectivity index (χ1) is 16.2. The lowest BCUT2D eigenvalue weighted by Gasteiger charge is -2.38. The number of likely N-dealkylation sites (tertiary alicyclic amines) is 1. The third kappa shape index (κ3) is 5.98. The van der Waals surface area contributed by atoms with E-state index in [0.717, 1.165) is 19.3 Å². The second-order valence-corrected chi connectivity index (χ2v) is 8.64. The summed E-state index contributed by atoms with van der Waals surface area (Å²) in [6, 6.07) is 11.6.